The molecule has 0 spiro atoms. The van der Waals surface area contributed by atoms with E-state index in [-0.39, 0.29) is 6.04 Å². The quantitative estimate of drug-likeness (QED) is 0.900. The summed E-state index contributed by atoms with van der Waals surface area (Å²) in [5.74, 6) is 0.748. The number of hydrogen-bond donors (Lipinski definition) is 1. The van der Waals surface area contributed by atoms with Gasteiger partial charge in [0.15, 0.2) is 0 Å². The summed E-state index contributed by atoms with van der Waals surface area (Å²) >= 11 is 6.23. The normalized spacial score (nSPS) is 24.8. The first-order valence-electron chi connectivity index (χ1n) is 7.81. The second-order valence-electron chi connectivity index (χ2n) is 6.33. The molecule has 2 nitrogen and oxygen atoms in total. The lowest BCUT2D eigenvalue weighted by atomic mass is 9.93. The van der Waals surface area contributed by atoms with E-state index in [1.54, 1.807) is 0 Å². The summed E-state index contributed by atoms with van der Waals surface area (Å²) in [4.78, 5) is 2.53. The molecule has 0 aromatic heterocycles. The van der Waals surface area contributed by atoms with Gasteiger partial charge in [-0.3, -0.25) is 0 Å². The highest BCUT2D eigenvalue weighted by Crippen LogP contribution is 2.32. The molecule has 2 rings (SSSR count). The van der Waals surface area contributed by atoms with Crippen LogP contribution < -0.4 is 10.6 Å². The zero-order valence-electron chi connectivity index (χ0n) is 12.9. The Morgan fingerprint density at radius 3 is 2.80 bits per heavy atom. The number of hydrogen-bond acceptors (Lipinski definition) is 2. The van der Waals surface area contributed by atoms with Gasteiger partial charge in [0.1, 0.15) is 0 Å². The van der Waals surface area contributed by atoms with E-state index in [1.807, 2.05) is 6.07 Å². The molecule has 0 radical (unpaired) electrons. The lowest BCUT2D eigenvalue weighted by Crippen LogP contribution is -2.41. The van der Waals surface area contributed by atoms with Crippen molar-refractivity contribution in [3.63, 3.8) is 0 Å². The van der Waals surface area contributed by atoms with E-state index in [9.17, 15) is 0 Å². The van der Waals surface area contributed by atoms with Gasteiger partial charge in [-0.25, -0.2) is 0 Å². The minimum Gasteiger partial charge on any atom is -0.368 e. The Kier molecular flexibility index (Phi) is 5.34. The fraction of sp³-hybridized carbons (Fsp3) is 0.647. The average Bonchev–Trinajstić information content (AvgIpc) is 2.43. The maximum Gasteiger partial charge on any atom is 0.0426 e. The molecule has 1 fully saturated rings. The molecule has 3 atom stereocenters. The summed E-state index contributed by atoms with van der Waals surface area (Å²) in [6.07, 6.45) is 4.52. The standard InChI is InChI=1S/C17H27ClN2/c1-4-16(19)9-14-7-8-15(18)10-17(14)20-11-12(2)5-6-13(20)3/h7-8,10,12-13,16H,4-6,9,11,19H2,1-3H3. The van der Waals surface area contributed by atoms with Crippen molar-refractivity contribution >= 4 is 17.3 Å². The fourth-order valence-corrected chi connectivity index (χ4v) is 3.19. The monoisotopic (exact) mass is 294 g/mol. The second-order valence-corrected chi connectivity index (χ2v) is 6.77. The van der Waals surface area contributed by atoms with Crippen LogP contribution in [0.3, 0.4) is 0 Å². The molecular weight excluding hydrogens is 268 g/mol. The van der Waals surface area contributed by atoms with E-state index in [1.165, 1.54) is 24.1 Å². The van der Waals surface area contributed by atoms with Crippen molar-refractivity contribution in [2.75, 3.05) is 11.4 Å². The van der Waals surface area contributed by atoms with E-state index >= 15 is 0 Å². The topological polar surface area (TPSA) is 29.3 Å². The Morgan fingerprint density at radius 1 is 1.35 bits per heavy atom. The van der Waals surface area contributed by atoms with Gasteiger partial charge >= 0.3 is 0 Å². The third-order valence-corrected chi connectivity index (χ3v) is 4.72. The van der Waals surface area contributed by atoms with Crippen molar-refractivity contribution in [3.05, 3.63) is 28.8 Å². The van der Waals surface area contributed by atoms with Gasteiger partial charge in [0, 0.05) is 29.3 Å². The fourth-order valence-electron chi connectivity index (χ4n) is 3.03. The third kappa shape index (κ3) is 3.67. The van der Waals surface area contributed by atoms with Crippen LogP contribution in [0.25, 0.3) is 0 Å². The first-order valence-corrected chi connectivity index (χ1v) is 8.19. The minimum atomic E-state index is 0.229. The van der Waals surface area contributed by atoms with Crippen molar-refractivity contribution in [2.24, 2.45) is 11.7 Å². The predicted octanol–water partition coefficient (Wildman–Crippen LogP) is 4.24. The molecule has 1 aliphatic rings. The smallest absolute Gasteiger partial charge is 0.0426 e. The Labute approximate surface area is 128 Å². The molecule has 0 aliphatic carbocycles. The minimum absolute atomic E-state index is 0.229. The third-order valence-electron chi connectivity index (χ3n) is 4.48. The molecule has 1 aromatic rings. The zero-order valence-corrected chi connectivity index (χ0v) is 13.7. The molecular formula is C17H27ClN2. The number of nitrogens with two attached hydrogens (primary N) is 1. The van der Waals surface area contributed by atoms with Crippen LogP contribution >= 0.6 is 11.6 Å². The Morgan fingerprint density at radius 2 is 2.10 bits per heavy atom. The van der Waals surface area contributed by atoms with Crippen LogP contribution in [0.15, 0.2) is 18.2 Å². The predicted molar refractivity (Wildman–Crippen MR) is 88.6 cm³/mol. The van der Waals surface area contributed by atoms with Crippen molar-refractivity contribution < 1.29 is 0 Å². The summed E-state index contributed by atoms with van der Waals surface area (Å²) in [7, 11) is 0. The summed E-state index contributed by atoms with van der Waals surface area (Å²) in [5.41, 5.74) is 8.78. The van der Waals surface area contributed by atoms with Gasteiger partial charge in [-0.1, -0.05) is 31.5 Å². The summed E-state index contributed by atoms with van der Waals surface area (Å²) in [5, 5.41) is 0.819. The second kappa shape index (κ2) is 6.82. The lowest BCUT2D eigenvalue weighted by Gasteiger charge is -2.40. The SMILES string of the molecule is CCC(N)Cc1ccc(Cl)cc1N1CC(C)CCC1C. The molecule has 3 heteroatoms. The van der Waals surface area contributed by atoms with Gasteiger partial charge in [-0.2, -0.15) is 0 Å². The van der Waals surface area contributed by atoms with E-state index in [0.29, 0.717) is 6.04 Å². The molecule has 0 amide bonds. The van der Waals surface area contributed by atoms with Gasteiger partial charge < -0.3 is 10.6 Å². The first kappa shape index (κ1) is 15.7. The maximum atomic E-state index is 6.23. The maximum absolute atomic E-state index is 6.23. The van der Waals surface area contributed by atoms with E-state index in [0.717, 1.165) is 30.3 Å². The number of rotatable bonds is 4. The number of anilines is 1. The zero-order chi connectivity index (χ0) is 14.7. The summed E-state index contributed by atoms with van der Waals surface area (Å²) in [6, 6.07) is 7.07. The highest BCUT2D eigenvalue weighted by atomic mass is 35.5. The highest BCUT2D eigenvalue weighted by Gasteiger charge is 2.25. The van der Waals surface area contributed by atoms with Crippen LogP contribution in [-0.4, -0.2) is 18.6 Å². The lowest BCUT2D eigenvalue weighted by molar-refractivity contribution is 0.389. The number of nitrogens with zero attached hydrogens (tertiary/aromatic N) is 1. The first-order chi connectivity index (χ1) is 9.51. The van der Waals surface area contributed by atoms with Crippen LogP contribution in [0.4, 0.5) is 5.69 Å². The summed E-state index contributed by atoms with van der Waals surface area (Å²) in [6.45, 7) is 7.92. The largest absolute Gasteiger partial charge is 0.368 e. The van der Waals surface area contributed by atoms with Crippen molar-refractivity contribution in [1.82, 2.24) is 0 Å². The molecule has 1 aliphatic heterocycles. The molecule has 112 valence electrons. The van der Waals surface area contributed by atoms with Crippen molar-refractivity contribution in [1.29, 1.82) is 0 Å². The average molecular weight is 295 g/mol. The molecule has 2 N–H and O–H groups in total. The Balaban J connectivity index is 2.30. The summed E-state index contributed by atoms with van der Waals surface area (Å²) < 4.78 is 0. The van der Waals surface area contributed by atoms with Crippen LogP contribution in [0.5, 0.6) is 0 Å². The number of piperidine rings is 1. The van der Waals surface area contributed by atoms with E-state index < -0.39 is 0 Å². The van der Waals surface area contributed by atoms with Gasteiger partial charge in [0.05, 0.1) is 0 Å². The van der Waals surface area contributed by atoms with E-state index in [4.69, 9.17) is 17.3 Å². The molecule has 20 heavy (non-hydrogen) atoms. The van der Waals surface area contributed by atoms with Crippen LogP contribution in [0.1, 0.15) is 45.6 Å². The molecule has 1 aromatic carbocycles. The number of halogens is 1. The highest BCUT2D eigenvalue weighted by molar-refractivity contribution is 6.30. The van der Waals surface area contributed by atoms with Gasteiger partial charge in [0.2, 0.25) is 0 Å². The van der Waals surface area contributed by atoms with Crippen LogP contribution in [0.2, 0.25) is 5.02 Å². The van der Waals surface area contributed by atoms with Gasteiger partial charge in [-0.05, 0) is 56.2 Å². The molecule has 0 bridgehead atoms. The van der Waals surface area contributed by atoms with E-state index in [2.05, 4.69) is 37.8 Å². The molecule has 1 saturated heterocycles. The van der Waals surface area contributed by atoms with Gasteiger partial charge in [-0.15, -0.1) is 0 Å². The van der Waals surface area contributed by atoms with Crippen molar-refractivity contribution in [3.8, 4) is 0 Å². The molecule has 3 unspecified atom stereocenters. The van der Waals surface area contributed by atoms with Crippen molar-refractivity contribution in [2.45, 2.75) is 58.5 Å². The Bertz CT molecular complexity index is 447. The molecule has 1 heterocycles. The van der Waals surface area contributed by atoms with Gasteiger partial charge in [0.25, 0.3) is 0 Å². The van der Waals surface area contributed by atoms with Crippen LogP contribution in [-0.2, 0) is 6.42 Å². The molecule has 0 saturated carbocycles. The number of benzene rings is 1. The van der Waals surface area contributed by atoms with Crippen LogP contribution in [0, 0.1) is 5.92 Å². The Hall–Kier alpha value is -0.730.